The summed E-state index contributed by atoms with van der Waals surface area (Å²) in [6.07, 6.45) is -4.35. The van der Waals surface area contributed by atoms with Gasteiger partial charge in [0.1, 0.15) is 0 Å². The molecule has 1 heterocycles. The molecule has 0 spiro atoms. The van der Waals surface area contributed by atoms with Crippen LogP contribution in [0.5, 0.6) is 0 Å². The molecule has 1 aliphatic heterocycles. The fraction of sp³-hybridized carbons (Fsp3) is 0.692. The molecule has 4 atom stereocenters. The first-order valence-corrected chi connectivity index (χ1v) is 6.55. The molecule has 0 bridgehead atoms. The summed E-state index contributed by atoms with van der Waals surface area (Å²) in [5.41, 5.74) is 0. The van der Waals surface area contributed by atoms with Crippen molar-refractivity contribution in [2.75, 3.05) is 6.61 Å². The van der Waals surface area contributed by atoms with Gasteiger partial charge in [0.15, 0.2) is 18.1 Å². The molecule has 1 fully saturated rings. The summed E-state index contributed by atoms with van der Waals surface area (Å²) < 4.78 is 25.7. The van der Waals surface area contributed by atoms with Crippen LogP contribution in [-0.2, 0) is 38.1 Å². The zero-order valence-corrected chi connectivity index (χ0v) is 12.8. The minimum absolute atomic E-state index is 0.132. The van der Waals surface area contributed by atoms with Gasteiger partial charge >= 0.3 is 17.9 Å². The third-order valence-electron chi connectivity index (χ3n) is 2.60. The average Bonchev–Trinajstić information content (AvgIpc) is 2.34. The Morgan fingerprint density at radius 2 is 1.36 bits per heavy atom. The van der Waals surface area contributed by atoms with Crippen molar-refractivity contribution < 1.29 is 38.1 Å². The third-order valence-corrected chi connectivity index (χ3v) is 2.60. The van der Waals surface area contributed by atoms with Gasteiger partial charge in [0, 0.05) is 27.7 Å². The number of nitrogens with one attached hydrogen (secondary N) is 1. The normalized spacial score (nSPS) is 27.5. The van der Waals surface area contributed by atoms with Crippen LogP contribution in [0.25, 0.3) is 0 Å². The highest BCUT2D eigenvalue weighted by Crippen LogP contribution is 2.25. The van der Waals surface area contributed by atoms with Gasteiger partial charge in [-0.05, 0) is 0 Å². The van der Waals surface area contributed by atoms with E-state index in [1.165, 1.54) is 20.8 Å². The van der Waals surface area contributed by atoms with Crippen LogP contribution in [0, 0.1) is 5.41 Å². The number of carbonyl (C=O) groups excluding carboxylic acids is 3. The van der Waals surface area contributed by atoms with Crippen molar-refractivity contribution in [2.24, 2.45) is 0 Å². The van der Waals surface area contributed by atoms with E-state index in [0.717, 1.165) is 6.92 Å². The molecule has 0 saturated carbocycles. The quantitative estimate of drug-likeness (QED) is 0.336. The molecule has 0 amide bonds. The minimum atomic E-state index is -1.17. The lowest BCUT2D eigenvalue weighted by molar-refractivity contribution is -0.263. The lowest BCUT2D eigenvalue weighted by Gasteiger charge is -2.39. The van der Waals surface area contributed by atoms with Crippen LogP contribution in [0.1, 0.15) is 27.7 Å². The first kappa shape index (κ1) is 17.9. The maximum atomic E-state index is 11.3. The zero-order chi connectivity index (χ0) is 16.9. The summed E-state index contributed by atoms with van der Waals surface area (Å²) in [5, 5.41) is 7.34. The Bertz CT molecular complexity index is 421. The predicted octanol–water partition coefficient (Wildman–Crippen LogP) is 0.152. The molecule has 124 valence electrons. The molecule has 9 nitrogen and oxygen atoms in total. The van der Waals surface area contributed by atoms with E-state index in [4.69, 9.17) is 29.1 Å². The smallest absolute Gasteiger partial charge is 0.303 e. The van der Waals surface area contributed by atoms with Gasteiger partial charge in [-0.1, -0.05) is 0 Å². The largest absolute Gasteiger partial charge is 0.456 e. The summed E-state index contributed by atoms with van der Waals surface area (Å²) in [4.78, 5) is 33.7. The van der Waals surface area contributed by atoms with Gasteiger partial charge in [-0.15, -0.1) is 0 Å². The van der Waals surface area contributed by atoms with E-state index in [9.17, 15) is 14.4 Å². The molecule has 0 aromatic rings. The van der Waals surface area contributed by atoms with Gasteiger partial charge in [-0.25, -0.2) is 0 Å². The summed E-state index contributed by atoms with van der Waals surface area (Å²) in [6, 6.07) is 0. The predicted molar refractivity (Wildman–Crippen MR) is 70.9 cm³/mol. The summed E-state index contributed by atoms with van der Waals surface area (Å²) >= 11 is 0. The Balaban J connectivity index is 3.03. The van der Waals surface area contributed by atoms with E-state index >= 15 is 0 Å². The third kappa shape index (κ3) is 5.32. The molecule has 1 rings (SSSR count). The second-order valence-electron chi connectivity index (χ2n) is 4.67. The minimum Gasteiger partial charge on any atom is -0.456 e. The fourth-order valence-electron chi connectivity index (χ4n) is 1.98. The van der Waals surface area contributed by atoms with Crippen molar-refractivity contribution >= 4 is 23.8 Å². The number of esters is 3. The number of carbonyl (C=O) groups is 3. The van der Waals surface area contributed by atoms with Gasteiger partial charge < -0.3 is 23.7 Å². The molecule has 22 heavy (non-hydrogen) atoms. The van der Waals surface area contributed by atoms with Gasteiger partial charge in [-0.2, -0.15) is 0 Å². The van der Waals surface area contributed by atoms with E-state index < -0.39 is 42.5 Å². The Labute approximate surface area is 127 Å². The average molecular weight is 317 g/mol. The maximum absolute atomic E-state index is 11.3. The second-order valence-corrected chi connectivity index (χ2v) is 4.67. The number of rotatable bonds is 4. The Kier molecular flexibility index (Phi) is 6.29. The van der Waals surface area contributed by atoms with Gasteiger partial charge in [0.25, 0.3) is 0 Å². The topological polar surface area (TPSA) is 121 Å². The van der Waals surface area contributed by atoms with Crippen LogP contribution in [0.4, 0.5) is 0 Å². The molecule has 9 heteroatoms. The standard InChI is InChI=1S/C13H19NO8/c1-6(14)19-13-12(22-9(4)17)11(21-8(3)16)10(5-18-13)20-7(2)15/h10-14H,5H2,1-4H3/t10-,11+,12-,13?/m1/s1. The molecule has 0 aromatic heterocycles. The maximum Gasteiger partial charge on any atom is 0.303 e. The van der Waals surface area contributed by atoms with Crippen molar-refractivity contribution in [3.63, 3.8) is 0 Å². The van der Waals surface area contributed by atoms with Gasteiger partial charge in [0.2, 0.25) is 12.4 Å². The van der Waals surface area contributed by atoms with Crippen LogP contribution >= 0.6 is 0 Å². The van der Waals surface area contributed by atoms with Crippen LogP contribution in [0.3, 0.4) is 0 Å². The zero-order valence-electron chi connectivity index (χ0n) is 12.8. The van der Waals surface area contributed by atoms with Crippen LogP contribution < -0.4 is 0 Å². The lowest BCUT2D eigenvalue weighted by atomic mass is 10.0. The molecule has 1 unspecified atom stereocenters. The van der Waals surface area contributed by atoms with Crippen molar-refractivity contribution in [3.8, 4) is 0 Å². The molecular formula is C13H19NO8. The summed E-state index contributed by atoms with van der Waals surface area (Å²) in [6.45, 7) is 4.76. The molecule has 1 aliphatic rings. The molecule has 0 radical (unpaired) electrons. The monoisotopic (exact) mass is 317 g/mol. The van der Waals surface area contributed by atoms with Gasteiger partial charge in [0.05, 0.1) is 6.61 Å². The van der Waals surface area contributed by atoms with Gasteiger partial charge in [-0.3, -0.25) is 19.8 Å². The van der Waals surface area contributed by atoms with Crippen molar-refractivity contribution in [3.05, 3.63) is 0 Å². The fourth-order valence-corrected chi connectivity index (χ4v) is 1.98. The highest BCUT2D eigenvalue weighted by Gasteiger charge is 2.48. The SMILES string of the molecule is CC(=N)OC1OC[C@@H](OC(C)=O)[C@H](OC(C)=O)[C@H]1OC(C)=O. The van der Waals surface area contributed by atoms with Crippen LogP contribution in [0.2, 0.25) is 0 Å². The lowest BCUT2D eigenvalue weighted by Crippen LogP contribution is -2.58. The number of hydrogen-bond donors (Lipinski definition) is 1. The first-order chi connectivity index (χ1) is 10.2. The second kappa shape index (κ2) is 7.74. The molecule has 1 saturated heterocycles. The number of ether oxygens (including phenoxy) is 5. The molecule has 0 aliphatic carbocycles. The van der Waals surface area contributed by atoms with Crippen LogP contribution in [-0.4, -0.2) is 55.0 Å². The highest BCUT2D eigenvalue weighted by molar-refractivity contribution is 5.70. The van der Waals surface area contributed by atoms with E-state index in [1.54, 1.807) is 0 Å². The molecule has 0 aromatic carbocycles. The summed E-state index contributed by atoms with van der Waals surface area (Å²) in [5.74, 6) is -2.08. The molecule has 1 N–H and O–H groups in total. The first-order valence-electron chi connectivity index (χ1n) is 6.55. The van der Waals surface area contributed by atoms with Crippen LogP contribution in [0.15, 0.2) is 0 Å². The van der Waals surface area contributed by atoms with E-state index in [1.807, 2.05) is 0 Å². The Hall–Kier alpha value is -2.16. The van der Waals surface area contributed by atoms with E-state index in [-0.39, 0.29) is 12.5 Å². The summed E-state index contributed by atoms with van der Waals surface area (Å²) in [7, 11) is 0. The van der Waals surface area contributed by atoms with E-state index in [2.05, 4.69) is 0 Å². The highest BCUT2D eigenvalue weighted by atomic mass is 16.7. The van der Waals surface area contributed by atoms with Crippen molar-refractivity contribution in [1.29, 1.82) is 5.41 Å². The Morgan fingerprint density at radius 3 is 1.82 bits per heavy atom. The number of hydrogen-bond acceptors (Lipinski definition) is 9. The van der Waals surface area contributed by atoms with Crippen molar-refractivity contribution in [2.45, 2.75) is 52.3 Å². The van der Waals surface area contributed by atoms with Crippen molar-refractivity contribution in [1.82, 2.24) is 0 Å². The van der Waals surface area contributed by atoms with E-state index in [0.29, 0.717) is 0 Å². The molecular weight excluding hydrogens is 298 g/mol. The Morgan fingerprint density at radius 1 is 0.864 bits per heavy atom.